The predicted molar refractivity (Wildman–Crippen MR) is 55.4 cm³/mol. The maximum atomic E-state index is 10.6. The van der Waals surface area contributed by atoms with E-state index in [0.717, 1.165) is 32.6 Å². The molecule has 4 heteroatoms. The molecule has 1 saturated heterocycles. The van der Waals surface area contributed by atoms with Gasteiger partial charge in [-0.3, -0.25) is 9.69 Å². The van der Waals surface area contributed by atoms with Gasteiger partial charge in [0.2, 0.25) is 0 Å². The third-order valence-electron chi connectivity index (χ3n) is 2.94. The number of rotatable bonds is 4. The second-order valence-corrected chi connectivity index (χ2v) is 4.00. The van der Waals surface area contributed by atoms with Crippen LogP contribution in [0.4, 0.5) is 0 Å². The lowest BCUT2D eigenvalue weighted by Gasteiger charge is -2.37. The summed E-state index contributed by atoms with van der Waals surface area (Å²) in [6.07, 6.45) is 1.20. The first kappa shape index (κ1) is 11.5. The van der Waals surface area contributed by atoms with Crippen molar-refractivity contribution in [3.63, 3.8) is 0 Å². The van der Waals surface area contributed by atoms with Gasteiger partial charge in [0.15, 0.2) is 0 Å². The molecule has 1 aliphatic heterocycles. The molecule has 1 aliphatic rings. The van der Waals surface area contributed by atoms with Gasteiger partial charge in [-0.25, -0.2) is 0 Å². The summed E-state index contributed by atoms with van der Waals surface area (Å²) in [6, 6.07) is 0.223. The van der Waals surface area contributed by atoms with Gasteiger partial charge in [-0.1, -0.05) is 6.92 Å². The van der Waals surface area contributed by atoms with Crippen molar-refractivity contribution in [2.24, 2.45) is 0 Å². The van der Waals surface area contributed by atoms with Crippen LogP contribution in [-0.4, -0.2) is 60.1 Å². The fourth-order valence-corrected chi connectivity index (χ4v) is 1.92. The highest BCUT2D eigenvalue weighted by atomic mass is 16.4. The van der Waals surface area contributed by atoms with Crippen LogP contribution in [0.3, 0.4) is 0 Å². The summed E-state index contributed by atoms with van der Waals surface area (Å²) in [4.78, 5) is 15.2. The molecule has 1 atom stereocenters. The van der Waals surface area contributed by atoms with E-state index in [1.807, 2.05) is 0 Å². The Balaban J connectivity index is 2.40. The molecule has 0 amide bonds. The van der Waals surface area contributed by atoms with Gasteiger partial charge in [-0.15, -0.1) is 0 Å². The van der Waals surface area contributed by atoms with Crippen LogP contribution >= 0.6 is 0 Å². The molecule has 1 rings (SSSR count). The minimum atomic E-state index is -0.684. The average Bonchev–Trinajstić information content (AvgIpc) is 2.15. The summed E-state index contributed by atoms with van der Waals surface area (Å²) in [5.41, 5.74) is 0. The largest absolute Gasteiger partial charge is 0.481 e. The highest BCUT2D eigenvalue weighted by Crippen LogP contribution is 2.11. The molecule has 14 heavy (non-hydrogen) atoms. The number of hydrogen-bond donors (Lipinski definition) is 1. The van der Waals surface area contributed by atoms with E-state index in [1.165, 1.54) is 0 Å². The molecule has 0 saturated carbocycles. The van der Waals surface area contributed by atoms with E-state index >= 15 is 0 Å². The van der Waals surface area contributed by atoms with Gasteiger partial charge in [-0.2, -0.15) is 0 Å². The van der Waals surface area contributed by atoms with E-state index in [2.05, 4.69) is 23.8 Å². The third-order valence-corrected chi connectivity index (χ3v) is 2.94. The average molecular weight is 200 g/mol. The summed E-state index contributed by atoms with van der Waals surface area (Å²) in [6.45, 7) is 6.17. The van der Waals surface area contributed by atoms with E-state index in [9.17, 15) is 4.79 Å². The molecule has 1 heterocycles. The zero-order valence-electron chi connectivity index (χ0n) is 9.07. The van der Waals surface area contributed by atoms with Gasteiger partial charge < -0.3 is 10.0 Å². The van der Waals surface area contributed by atoms with Crippen LogP contribution < -0.4 is 0 Å². The Morgan fingerprint density at radius 2 is 1.93 bits per heavy atom. The minimum Gasteiger partial charge on any atom is -0.481 e. The number of carboxylic acid groups (broad SMARTS) is 1. The molecular weight excluding hydrogens is 180 g/mol. The second-order valence-electron chi connectivity index (χ2n) is 4.00. The van der Waals surface area contributed by atoms with Crippen LogP contribution in [0.2, 0.25) is 0 Å². The quantitative estimate of drug-likeness (QED) is 0.717. The Morgan fingerprint density at radius 3 is 2.36 bits per heavy atom. The summed E-state index contributed by atoms with van der Waals surface area (Å²) < 4.78 is 0. The third kappa shape index (κ3) is 3.27. The van der Waals surface area contributed by atoms with Gasteiger partial charge in [0, 0.05) is 32.2 Å². The smallest absolute Gasteiger partial charge is 0.304 e. The second kappa shape index (κ2) is 5.32. The zero-order valence-corrected chi connectivity index (χ0v) is 9.07. The monoisotopic (exact) mass is 200 g/mol. The van der Waals surface area contributed by atoms with Gasteiger partial charge in [-0.05, 0) is 13.5 Å². The number of carbonyl (C=O) groups is 1. The van der Waals surface area contributed by atoms with Gasteiger partial charge in [0.25, 0.3) is 0 Å². The predicted octanol–water partition coefficient (Wildman–Crippen LogP) is 0.487. The molecule has 0 aromatic rings. The number of carboxylic acids is 1. The lowest BCUT2D eigenvalue weighted by Crippen LogP contribution is -2.49. The molecular formula is C10H20N2O2. The summed E-state index contributed by atoms with van der Waals surface area (Å²) in [7, 11) is 2.11. The van der Waals surface area contributed by atoms with Crippen LogP contribution in [0.5, 0.6) is 0 Å². The minimum absolute atomic E-state index is 0.223. The van der Waals surface area contributed by atoms with Crippen LogP contribution in [0.25, 0.3) is 0 Å². The van der Waals surface area contributed by atoms with Gasteiger partial charge in [0.05, 0.1) is 6.42 Å². The number of nitrogens with zero attached hydrogens (tertiary/aromatic N) is 2. The first-order valence-electron chi connectivity index (χ1n) is 5.28. The topological polar surface area (TPSA) is 43.8 Å². The highest BCUT2D eigenvalue weighted by molar-refractivity contribution is 5.67. The number of aliphatic carboxylic acids is 1. The van der Waals surface area contributed by atoms with Gasteiger partial charge >= 0.3 is 5.97 Å². The van der Waals surface area contributed by atoms with E-state index in [-0.39, 0.29) is 12.5 Å². The standard InChI is InChI=1S/C10H20N2O2/c1-3-9(8-10(13)14)12-6-4-11(2)5-7-12/h9H,3-8H2,1-2H3,(H,13,14). The summed E-state index contributed by atoms with van der Waals surface area (Å²) in [5.74, 6) is -0.684. The number of piperazine rings is 1. The maximum absolute atomic E-state index is 10.6. The Hall–Kier alpha value is -0.610. The molecule has 0 bridgehead atoms. The van der Waals surface area contributed by atoms with Crippen molar-refractivity contribution in [2.45, 2.75) is 25.8 Å². The molecule has 0 aliphatic carbocycles. The number of likely N-dealkylation sites (N-methyl/N-ethyl adjacent to an activating group) is 1. The SMILES string of the molecule is CCC(CC(=O)O)N1CCN(C)CC1. The maximum Gasteiger partial charge on any atom is 0.304 e. The Labute approximate surface area is 85.5 Å². The highest BCUT2D eigenvalue weighted by Gasteiger charge is 2.22. The molecule has 1 unspecified atom stereocenters. The summed E-state index contributed by atoms with van der Waals surface area (Å²) in [5, 5.41) is 8.76. The molecule has 1 fully saturated rings. The zero-order chi connectivity index (χ0) is 10.6. The first-order chi connectivity index (χ1) is 6.63. The van der Waals surface area contributed by atoms with Crippen molar-refractivity contribution < 1.29 is 9.90 Å². The molecule has 1 N–H and O–H groups in total. The Bertz CT molecular complexity index is 189. The van der Waals surface area contributed by atoms with Crippen LogP contribution in [0, 0.1) is 0 Å². The van der Waals surface area contributed by atoms with Gasteiger partial charge in [0.1, 0.15) is 0 Å². The van der Waals surface area contributed by atoms with Crippen LogP contribution in [-0.2, 0) is 4.79 Å². The van der Waals surface area contributed by atoms with Crippen molar-refractivity contribution in [1.82, 2.24) is 9.80 Å². The lowest BCUT2D eigenvalue weighted by molar-refractivity contribution is -0.138. The Kier molecular flexibility index (Phi) is 4.35. The number of hydrogen-bond acceptors (Lipinski definition) is 3. The van der Waals surface area contributed by atoms with Crippen LogP contribution in [0.1, 0.15) is 19.8 Å². The van der Waals surface area contributed by atoms with Crippen molar-refractivity contribution in [3.8, 4) is 0 Å². The fraction of sp³-hybridized carbons (Fsp3) is 0.900. The van der Waals surface area contributed by atoms with Crippen molar-refractivity contribution in [3.05, 3.63) is 0 Å². The Morgan fingerprint density at radius 1 is 1.36 bits per heavy atom. The first-order valence-corrected chi connectivity index (χ1v) is 5.28. The van der Waals surface area contributed by atoms with Crippen molar-refractivity contribution in [2.75, 3.05) is 33.2 Å². The molecule has 82 valence electrons. The van der Waals surface area contributed by atoms with Crippen molar-refractivity contribution >= 4 is 5.97 Å². The molecule has 0 aromatic heterocycles. The molecule has 0 aromatic carbocycles. The molecule has 0 radical (unpaired) electrons. The fourth-order valence-electron chi connectivity index (χ4n) is 1.92. The molecule has 4 nitrogen and oxygen atoms in total. The van der Waals surface area contributed by atoms with E-state index in [1.54, 1.807) is 0 Å². The van der Waals surface area contributed by atoms with E-state index in [4.69, 9.17) is 5.11 Å². The lowest BCUT2D eigenvalue weighted by atomic mass is 10.1. The normalized spacial score (nSPS) is 22.1. The van der Waals surface area contributed by atoms with Crippen LogP contribution in [0.15, 0.2) is 0 Å². The van der Waals surface area contributed by atoms with E-state index in [0.29, 0.717) is 0 Å². The van der Waals surface area contributed by atoms with E-state index < -0.39 is 5.97 Å². The van der Waals surface area contributed by atoms with Crippen molar-refractivity contribution in [1.29, 1.82) is 0 Å². The summed E-state index contributed by atoms with van der Waals surface area (Å²) >= 11 is 0. The molecule has 0 spiro atoms.